The van der Waals surface area contributed by atoms with Crippen molar-refractivity contribution in [1.29, 1.82) is 0 Å². The van der Waals surface area contributed by atoms with E-state index >= 15 is 0 Å². The maximum atomic E-state index is 4.69. The second-order valence-electron chi connectivity index (χ2n) is 1.86. The first-order chi connectivity index (χ1) is 3.93. The van der Waals surface area contributed by atoms with Crippen molar-refractivity contribution >= 4 is 0 Å². The monoisotopic (exact) mass is 132 g/mol. The highest BCUT2D eigenvalue weighted by Crippen LogP contribution is 1.99. The molecule has 2 rings (SSSR count). The van der Waals surface area contributed by atoms with Crippen molar-refractivity contribution in [2.75, 3.05) is 33.3 Å². The molecule has 2 fully saturated rings. The molecule has 0 amide bonds. The fourth-order valence-corrected chi connectivity index (χ4v) is 0.223. The summed E-state index contributed by atoms with van der Waals surface area (Å²) in [5.41, 5.74) is 0. The number of hydroxylamine groups is 2. The van der Waals surface area contributed by atoms with Crippen LogP contribution in [0.15, 0.2) is 0 Å². The molecule has 0 aromatic heterocycles. The molecule has 0 radical (unpaired) electrons. The average Bonchev–Trinajstić information content (AvgIpc) is 2.65. The van der Waals surface area contributed by atoms with Crippen LogP contribution in [0.3, 0.4) is 0 Å². The predicted octanol–water partition coefficient (Wildman–Crippen LogP) is 0.0891. The number of hydrogen-bond acceptors (Lipinski definition) is 3. The Labute approximate surface area is 56.9 Å². The average molecular weight is 132 g/mol. The molecular weight excluding hydrogens is 116 g/mol. The molecule has 2 heterocycles. The van der Waals surface area contributed by atoms with Gasteiger partial charge in [0.2, 0.25) is 0 Å². The van der Waals surface area contributed by atoms with E-state index in [4.69, 9.17) is 4.84 Å². The Kier molecular flexibility index (Phi) is 4.67. The van der Waals surface area contributed by atoms with E-state index in [0.29, 0.717) is 0 Å². The van der Waals surface area contributed by atoms with Crippen LogP contribution >= 0.6 is 0 Å². The Balaban J connectivity index is 0.000000140. The second-order valence-corrected chi connectivity index (χ2v) is 1.86. The summed E-state index contributed by atoms with van der Waals surface area (Å²) in [5, 5.41) is 4.88. The van der Waals surface area contributed by atoms with Crippen LogP contribution in [0.1, 0.15) is 7.43 Å². The molecule has 0 saturated carbocycles. The normalized spacial score (nSPS) is 21.0. The Hall–Kier alpha value is -0.120. The molecule has 9 heavy (non-hydrogen) atoms. The first-order valence-corrected chi connectivity index (χ1v) is 2.93. The van der Waals surface area contributed by atoms with Gasteiger partial charge in [-0.2, -0.15) is 5.06 Å². The van der Waals surface area contributed by atoms with E-state index in [1.807, 2.05) is 5.06 Å². The van der Waals surface area contributed by atoms with Crippen molar-refractivity contribution in [3.05, 3.63) is 0 Å². The van der Waals surface area contributed by atoms with Crippen LogP contribution < -0.4 is 5.32 Å². The molecule has 3 nitrogen and oxygen atoms in total. The largest absolute Gasteiger partial charge is 0.314 e. The summed E-state index contributed by atoms with van der Waals surface area (Å²) in [5.74, 6) is 0. The molecule has 0 atom stereocenters. The third-order valence-corrected chi connectivity index (χ3v) is 0.914. The molecule has 2 saturated heterocycles. The molecule has 0 bridgehead atoms. The van der Waals surface area contributed by atoms with Gasteiger partial charge in [-0.25, -0.2) is 0 Å². The molecule has 2 aliphatic rings. The standard InChI is InChI=1S/C3H7NO.C2H5N.CH4/c1-5-4-2-3-4;1-2-3-1;/h2-3H2,1H3;3H,1-2H2;1H4. The Morgan fingerprint density at radius 1 is 1.33 bits per heavy atom. The lowest BCUT2D eigenvalue weighted by Crippen LogP contribution is -1.88. The van der Waals surface area contributed by atoms with Gasteiger partial charge in [-0.1, -0.05) is 7.43 Å². The first kappa shape index (κ1) is 8.88. The molecular formula is C6H16N2O. The maximum Gasteiger partial charge on any atom is 0.0575 e. The van der Waals surface area contributed by atoms with Gasteiger partial charge in [-0.15, -0.1) is 0 Å². The van der Waals surface area contributed by atoms with E-state index in [-0.39, 0.29) is 7.43 Å². The van der Waals surface area contributed by atoms with Gasteiger partial charge < -0.3 is 10.2 Å². The summed E-state index contributed by atoms with van der Waals surface area (Å²) in [6, 6.07) is 0. The van der Waals surface area contributed by atoms with Crippen LogP contribution in [0.2, 0.25) is 0 Å². The van der Waals surface area contributed by atoms with Crippen LogP contribution in [-0.2, 0) is 4.84 Å². The van der Waals surface area contributed by atoms with Crippen LogP contribution in [0.25, 0.3) is 0 Å². The molecule has 2 aliphatic heterocycles. The van der Waals surface area contributed by atoms with E-state index in [0.717, 1.165) is 13.1 Å². The summed E-state index contributed by atoms with van der Waals surface area (Å²) in [4.78, 5) is 4.69. The Bertz CT molecular complexity index is 59.3. The Morgan fingerprint density at radius 2 is 1.78 bits per heavy atom. The summed E-state index contributed by atoms with van der Waals surface area (Å²) in [6.45, 7) is 4.74. The Morgan fingerprint density at radius 3 is 1.78 bits per heavy atom. The van der Waals surface area contributed by atoms with Crippen molar-refractivity contribution in [3.63, 3.8) is 0 Å². The summed E-state index contributed by atoms with van der Waals surface area (Å²) in [7, 11) is 1.69. The second kappa shape index (κ2) is 4.73. The lowest BCUT2D eigenvalue weighted by atomic mass is 11.0. The third kappa shape index (κ3) is 7.88. The van der Waals surface area contributed by atoms with Crippen LogP contribution in [0.5, 0.6) is 0 Å². The van der Waals surface area contributed by atoms with Gasteiger partial charge in [-0.05, 0) is 0 Å². The fourth-order valence-electron chi connectivity index (χ4n) is 0.223. The minimum atomic E-state index is 0. The van der Waals surface area contributed by atoms with Crippen molar-refractivity contribution in [1.82, 2.24) is 10.4 Å². The third-order valence-electron chi connectivity index (χ3n) is 0.914. The molecule has 1 N–H and O–H groups in total. The van der Waals surface area contributed by atoms with Gasteiger partial charge in [0.05, 0.1) is 7.11 Å². The van der Waals surface area contributed by atoms with E-state index in [9.17, 15) is 0 Å². The number of hydrogen-bond donors (Lipinski definition) is 1. The molecule has 0 aromatic carbocycles. The molecule has 0 spiro atoms. The number of nitrogens with one attached hydrogen (secondary N) is 1. The van der Waals surface area contributed by atoms with Crippen molar-refractivity contribution in [2.24, 2.45) is 0 Å². The minimum Gasteiger partial charge on any atom is -0.314 e. The van der Waals surface area contributed by atoms with Crippen molar-refractivity contribution < 1.29 is 4.84 Å². The van der Waals surface area contributed by atoms with Gasteiger partial charge in [0.25, 0.3) is 0 Å². The van der Waals surface area contributed by atoms with Gasteiger partial charge in [-0.3, -0.25) is 0 Å². The summed E-state index contributed by atoms with van der Waals surface area (Å²) < 4.78 is 0. The summed E-state index contributed by atoms with van der Waals surface area (Å²) in [6.07, 6.45) is 0. The zero-order valence-corrected chi connectivity index (χ0v) is 5.18. The quantitative estimate of drug-likeness (QED) is 0.513. The highest BCUT2D eigenvalue weighted by atomic mass is 16.7. The smallest absolute Gasteiger partial charge is 0.0575 e. The minimum absolute atomic E-state index is 0. The van der Waals surface area contributed by atoms with Gasteiger partial charge >= 0.3 is 0 Å². The van der Waals surface area contributed by atoms with Crippen LogP contribution in [0.4, 0.5) is 0 Å². The van der Waals surface area contributed by atoms with E-state index in [1.54, 1.807) is 7.11 Å². The lowest BCUT2D eigenvalue weighted by Gasteiger charge is -1.85. The zero-order valence-electron chi connectivity index (χ0n) is 5.18. The van der Waals surface area contributed by atoms with E-state index in [1.165, 1.54) is 13.1 Å². The van der Waals surface area contributed by atoms with Crippen molar-refractivity contribution in [3.8, 4) is 0 Å². The number of nitrogens with zero attached hydrogens (tertiary/aromatic N) is 1. The van der Waals surface area contributed by atoms with E-state index < -0.39 is 0 Å². The lowest BCUT2D eigenvalue weighted by molar-refractivity contribution is -0.0240. The molecule has 0 aromatic rings. The fraction of sp³-hybridized carbons (Fsp3) is 1.00. The van der Waals surface area contributed by atoms with Crippen LogP contribution in [0, 0.1) is 0 Å². The number of rotatable bonds is 1. The maximum absolute atomic E-state index is 4.69. The molecule has 3 heteroatoms. The van der Waals surface area contributed by atoms with Gasteiger partial charge in [0, 0.05) is 26.2 Å². The SMILES string of the molecule is C.C1CN1.CON1CC1. The zero-order chi connectivity index (χ0) is 5.82. The predicted molar refractivity (Wildman–Crippen MR) is 38.2 cm³/mol. The van der Waals surface area contributed by atoms with Crippen molar-refractivity contribution in [2.45, 2.75) is 7.43 Å². The van der Waals surface area contributed by atoms with Crippen LogP contribution in [-0.4, -0.2) is 38.4 Å². The summed E-state index contributed by atoms with van der Waals surface area (Å²) >= 11 is 0. The van der Waals surface area contributed by atoms with Gasteiger partial charge in [0.1, 0.15) is 0 Å². The van der Waals surface area contributed by atoms with Gasteiger partial charge in [0.15, 0.2) is 0 Å². The highest BCUT2D eigenvalue weighted by molar-refractivity contribution is 4.59. The first-order valence-electron chi connectivity index (χ1n) is 2.93. The molecule has 0 unspecified atom stereocenters. The highest BCUT2D eigenvalue weighted by Gasteiger charge is 2.14. The van der Waals surface area contributed by atoms with E-state index in [2.05, 4.69) is 5.32 Å². The topological polar surface area (TPSA) is 34.2 Å². The molecule has 0 aliphatic carbocycles. The molecule has 56 valence electrons.